The van der Waals surface area contributed by atoms with E-state index in [2.05, 4.69) is 4.74 Å². The molecular formula is C10H8F2O4. The lowest BCUT2D eigenvalue weighted by Gasteiger charge is -2.12. The fourth-order valence-electron chi connectivity index (χ4n) is 1.22. The van der Waals surface area contributed by atoms with Crippen LogP contribution in [0.2, 0.25) is 0 Å². The minimum Gasteiger partial charge on any atom is -0.492 e. The largest absolute Gasteiger partial charge is 0.492 e. The van der Waals surface area contributed by atoms with Crippen LogP contribution in [0.15, 0.2) is 12.1 Å². The van der Waals surface area contributed by atoms with Gasteiger partial charge in [0.05, 0.1) is 12.7 Å². The third-order valence-corrected chi connectivity index (χ3v) is 1.86. The van der Waals surface area contributed by atoms with Gasteiger partial charge in [-0.25, -0.2) is 0 Å². The summed E-state index contributed by atoms with van der Waals surface area (Å²) < 4.78 is 32.9. The van der Waals surface area contributed by atoms with Crippen molar-refractivity contribution < 1.29 is 27.8 Å². The van der Waals surface area contributed by atoms with E-state index in [1.165, 1.54) is 13.2 Å². The van der Waals surface area contributed by atoms with Gasteiger partial charge in [0.25, 0.3) is 0 Å². The van der Waals surface area contributed by atoms with Gasteiger partial charge in [-0.05, 0) is 12.1 Å². The summed E-state index contributed by atoms with van der Waals surface area (Å²) >= 11 is 0. The van der Waals surface area contributed by atoms with Gasteiger partial charge in [0.2, 0.25) is 0 Å². The first-order valence-corrected chi connectivity index (χ1v) is 4.20. The zero-order chi connectivity index (χ0) is 12.1. The Morgan fingerprint density at radius 1 is 1.25 bits per heavy atom. The van der Waals surface area contributed by atoms with Crippen molar-refractivity contribution in [3.8, 4) is 11.5 Å². The molecule has 0 saturated carbocycles. The van der Waals surface area contributed by atoms with Gasteiger partial charge in [0, 0.05) is 5.56 Å². The lowest BCUT2D eigenvalue weighted by molar-refractivity contribution is -0.0512. The molecule has 0 N–H and O–H groups in total. The van der Waals surface area contributed by atoms with Gasteiger partial charge in [0.15, 0.2) is 24.1 Å². The molecule has 1 rings (SSSR count). The number of benzene rings is 1. The third kappa shape index (κ3) is 2.33. The van der Waals surface area contributed by atoms with Crippen LogP contribution < -0.4 is 9.47 Å². The highest BCUT2D eigenvalue weighted by molar-refractivity contribution is 5.94. The number of carbonyl (C=O) groups is 2. The molecule has 0 aromatic heterocycles. The maximum absolute atomic E-state index is 12.0. The summed E-state index contributed by atoms with van der Waals surface area (Å²) in [5.74, 6) is -0.467. The molecule has 1 aromatic carbocycles. The molecule has 16 heavy (non-hydrogen) atoms. The Kier molecular flexibility index (Phi) is 3.93. The summed E-state index contributed by atoms with van der Waals surface area (Å²) in [5, 5.41) is 0. The SMILES string of the molecule is COc1c(OC(F)F)ccc(C=O)c1C=O. The number of halogens is 2. The van der Waals surface area contributed by atoms with Gasteiger partial charge in [0.1, 0.15) is 0 Å². The molecule has 0 heterocycles. The van der Waals surface area contributed by atoms with E-state index >= 15 is 0 Å². The van der Waals surface area contributed by atoms with E-state index in [1.807, 2.05) is 0 Å². The normalized spacial score (nSPS) is 10.0. The topological polar surface area (TPSA) is 52.6 Å². The zero-order valence-corrected chi connectivity index (χ0v) is 8.28. The third-order valence-electron chi connectivity index (χ3n) is 1.86. The molecule has 1 aromatic rings. The molecule has 0 aliphatic carbocycles. The van der Waals surface area contributed by atoms with Crippen molar-refractivity contribution >= 4 is 12.6 Å². The van der Waals surface area contributed by atoms with Gasteiger partial charge < -0.3 is 9.47 Å². The van der Waals surface area contributed by atoms with Crippen LogP contribution in [0, 0.1) is 0 Å². The Morgan fingerprint density at radius 2 is 1.94 bits per heavy atom. The second kappa shape index (κ2) is 5.20. The summed E-state index contributed by atoms with van der Waals surface area (Å²) in [6.45, 7) is -3.03. The molecule has 0 spiro atoms. The highest BCUT2D eigenvalue weighted by atomic mass is 19.3. The molecule has 0 aliphatic rings. The van der Waals surface area contributed by atoms with Gasteiger partial charge in [-0.15, -0.1) is 0 Å². The van der Waals surface area contributed by atoms with E-state index in [0.717, 1.165) is 6.07 Å². The molecule has 4 nitrogen and oxygen atoms in total. The maximum Gasteiger partial charge on any atom is 0.387 e. The molecule has 0 unspecified atom stereocenters. The van der Waals surface area contributed by atoms with Crippen molar-refractivity contribution in [1.82, 2.24) is 0 Å². The van der Waals surface area contributed by atoms with E-state index in [4.69, 9.17) is 4.74 Å². The van der Waals surface area contributed by atoms with Crippen molar-refractivity contribution in [2.75, 3.05) is 7.11 Å². The molecule has 0 radical (unpaired) electrons. The van der Waals surface area contributed by atoms with Gasteiger partial charge >= 0.3 is 6.61 Å². The van der Waals surface area contributed by atoms with E-state index in [0.29, 0.717) is 12.6 Å². The zero-order valence-electron chi connectivity index (χ0n) is 8.28. The lowest BCUT2D eigenvalue weighted by atomic mass is 10.1. The molecule has 6 heteroatoms. The Labute approximate surface area is 89.8 Å². The van der Waals surface area contributed by atoms with Gasteiger partial charge in [-0.2, -0.15) is 8.78 Å². The monoisotopic (exact) mass is 230 g/mol. The fraction of sp³-hybridized carbons (Fsp3) is 0.200. The van der Waals surface area contributed by atoms with Crippen molar-refractivity contribution in [2.45, 2.75) is 6.61 Å². The van der Waals surface area contributed by atoms with Crippen LogP contribution in [0.25, 0.3) is 0 Å². The number of ether oxygens (including phenoxy) is 2. The van der Waals surface area contributed by atoms with Crippen LogP contribution in [-0.4, -0.2) is 26.3 Å². The van der Waals surface area contributed by atoms with Crippen LogP contribution in [0.5, 0.6) is 11.5 Å². The number of methoxy groups -OCH3 is 1. The van der Waals surface area contributed by atoms with Crippen LogP contribution in [0.4, 0.5) is 8.78 Å². The molecule has 0 bridgehead atoms. The second-order valence-electron chi connectivity index (χ2n) is 2.71. The standard InChI is InChI=1S/C10H8F2O4/c1-15-9-7(5-14)6(4-13)2-3-8(9)16-10(11)12/h2-5,10H,1H3. The molecule has 86 valence electrons. The quantitative estimate of drug-likeness (QED) is 0.725. The van der Waals surface area contributed by atoms with Crippen LogP contribution in [-0.2, 0) is 0 Å². The van der Waals surface area contributed by atoms with E-state index in [1.54, 1.807) is 0 Å². The first-order valence-electron chi connectivity index (χ1n) is 4.20. The van der Waals surface area contributed by atoms with Gasteiger partial charge in [-0.3, -0.25) is 9.59 Å². The predicted octanol–water partition coefficient (Wildman–Crippen LogP) is 1.92. The Bertz CT molecular complexity index is 404. The number of aldehydes is 2. The summed E-state index contributed by atoms with van der Waals surface area (Å²) in [4.78, 5) is 21.3. The Hall–Kier alpha value is -1.98. The van der Waals surface area contributed by atoms with Crippen LogP contribution in [0.1, 0.15) is 20.7 Å². The molecule has 0 amide bonds. The first-order chi connectivity index (χ1) is 7.63. The Balaban J connectivity index is 3.30. The van der Waals surface area contributed by atoms with E-state index < -0.39 is 6.61 Å². The Morgan fingerprint density at radius 3 is 2.38 bits per heavy atom. The predicted molar refractivity (Wildman–Crippen MR) is 50.4 cm³/mol. The van der Waals surface area contributed by atoms with Crippen LogP contribution >= 0.6 is 0 Å². The van der Waals surface area contributed by atoms with Crippen molar-refractivity contribution in [2.24, 2.45) is 0 Å². The number of hydrogen-bond donors (Lipinski definition) is 0. The van der Waals surface area contributed by atoms with Crippen molar-refractivity contribution in [3.63, 3.8) is 0 Å². The maximum atomic E-state index is 12.0. The molecular weight excluding hydrogens is 222 g/mol. The number of rotatable bonds is 5. The average Bonchev–Trinajstić information content (AvgIpc) is 2.27. The summed E-state index contributed by atoms with van der Waals surface area (Å²) in [6, 6.07) is 2.35. The van der Waals surface area contributed by atoms with Gasteiger partial charge in [-0.1, -0.05) is 0 Å². The number of carbonyl (C=O) groups excluding carboxylic acids is 2. The minimum atomic E-state index is -3.03. The molecule has 0 atom stereocenters. The smallest absolute Gasteiger partial charge is 0.387 e. The number of hydrogen-bond acceptors (Lipinski definition) is 4. The fourth-order valence-corrected chi connectivity index (χ4v) is 1.22. The molecule has 0 aliphatic heterocycles. The van der Waals surface area contributed by atoms with Crippen molar-refractivity contribution in [1.29, 1.82) is 0 Å². The lowest BCUT2D eigenvalue weighted by Crippen LogP contribution is -2.06. The highest BCUT2D eigenvalue weighted by Crippen LogP contribution is 2.33. The van der Waals surface area contributed by atoms with E-state index in [-0.39, 0.29) is 22.6 Å². The second-order valence-corrected chi connectivity index (χ2v) is 2.71. The number of alkyl halides is 2. The van der Waals surface area contributed by atoms with Crippen molar-refractivity contribution in [3.05, 3.63) is 23.3 Å². The van der Waals surface area contributed by atoms with Crippen LogP contribution in [0.3, 0.4) is 0 Å². The summed E-state index contributed by atoms with van der Waals surface area (Å²) in [5.41, 5.74) is -0.0656. The molecule has 0 fully saturated rings. The highest BCUT2D eigenvalue weighted by Gasteiger charge is 2.17. The first kappa shape index (κ1) is 12.1. The minimum absolute atomic E-state index is 0.0495. The van der Waals surface area contributed by atoms with E-state index in [9.17, 15) is 18.4 Å². The summed E-state index contributed by atoms with van der Waals surface area (Å²) in [6.07, 6.45) is 0.777. The average molecular weight is 230 g/mol. The summed E-state index contributed by atoms with van der Waals surface area (Å²) in [7, 11) is 1.19. The molecule has 0 saturated heterocycles.